The molecule has 0 N–H and O–H groups in total. The van der Waals surface area contributed by atoms with Crippen LogP contribution in [0.15, 0.2) is 36.5 Å². The monoisotopic (exact) mass is 373 g/mol. The van der Waals surface area contributed by atoms with Crippen LogP contribution in [-0.4, -0.2) is 52.2 Å². The van der Waals surface area contributed by atoms with Gasteiger partial charge in [-0.25, -0.2) is 13.9 Å². The Hall–Kier alpha value is -2.18. The Balaban J connectivity index is 1.59. The lowest BCUT2D eigenvalue weighted by atomic mass is 10.1. The van der Waals surface area contributed by atoms with E-state index < -0.39 is 0 Å². The van der Waals surface area contributed by atoms with Crippen LogP contribution in [0.4, 0.5) is 10.1 Å². The zero-order valence-corrected chi connectivity index (χ0v) is 15.5. The molecule has 2 aromatic heterocycles. The van der Waals surface area contributed by atoms with Crippen molar-refractivity contribution >= 4 is 22.9 Å². The molecule has 1 fully saturated rings. The number of benzene rings is 1. The molecule has 0 aliphatic carbocycles. The van der Waals surface area contributed by atoms with Crippen molar-refractivity contribution in [1.82, 2.24) is 19.5 Å². The third-order valence-corrected chi connectivity index (χ3v) is 5.03. The van der Waals surface area contributed by atoms with E-state index in [2.05, 4.69) is 26.8 Å². The van der Waals surface area contributed by atoms with Crippen LogP contribution < -0.4 is 4.90 Å². The van der Waals surface area contributed by atoms with Crippen molar-refractivity contribution in [2.45, 2.75) is 13.3 Å². The molecule has 1 aliphatic rings. The van der Waals surface area contributed by atoms with Gasteiger partial charge in [0, 0.05) is 31.7 Å². The van der Waals surface area contributed by atoms with E-state index in [0.29, 0.717) is 16.5 Å². The highest BCUT2D eigenvalue weighted by Gasteiger charge is 2.19. The lowest BCUT2D eigenvalue weighted by Crippen LogP contribution is -2.46. The molecule has 136 valence electrons. The highest BCUT2D eigenvalue weighted by molar-refractivity contribution is 6.29. The van der Waals surface area contributed by atoms with Crippen molar-refractivity contribution in [3.63, 3.8) is 0 Å². The molecule has 0 radical (unpaired) electrons. The molecule has 5 nitrogen and oxygen atoms in total. The fourth-order valence-corrected chi connectivity index (χ4v) is 3.64. The Bertz CT molecular complexity index is 917. The van der Waals surface area contributed by atoms with Crippen LogP contribution in [-0.2, 0) is 0 Å². The highest BCUT2D eigenvalue weighted by Crippen LogP contribution is 2.28. The van der Waals surface area contributed by atoms with Gasteiger partial charge in [-0.05, 0) is 37.2 Å². The van der Waals surface area contributed by atoms with E-state index in [0.717, 1.165) is 50.4 Å². The zero-order valence-electron chi connectivity index (χ0n) is 14.7. The molecule has 4 rings (SSSR count). The lowest BCUT2D eigenvalue weighted by Gasteiger charge is -2.36. The Morgan fingerprint density at radius 3 is 2.65 bits per heavy atom. The van der Waals surface area contributed by atoms with Gasteiger partial charge >= 0.3 is 0 Å². The van der Waals surface area contributed by atoms with Gasteiger partial charge in [-0.1, -0.05) is 24.6 Å². The van der Waals surface area contributed by atoms with Gasteiger partial charge in [0.25, 0.3) is 0 Å². The van der Waals surface area contributed by atoms with E-state index in [4.69, 9.17) is 11.6 Å². The SMILES string of the molecule is CCCN1CCN(c2ccc(-c3cnc4ccc(Cl)nn34)cc2F)CC1. The van der Waals surface area contributed by atoms with Crippen molar-refractivity contribution < 1.29 is 4.39 Å². The topological polar surface area (TPSA) is 36.7 Å². The average molecular weight is 374 g/mol. The third-order valence-electron chi connectivity index (χ3n) is 4.83. The van der Waals surface area contributed by atoms with Gasteiger partial charge < -0.3 is 4.90 Å². The van der Waals surface area contributed by atoms with E-state index >= 15 is 0 Å². The number of rotatable bonds is 4. The summed E-state index contributed by atoms with van der Waals surface area (Å²) in [5.41, 5.74) is 2.80. The first-order valence-electron chi connectivity index (χ1n) is 8.93. The first kappa shape index (κ1) is 17.2. The molecule has 1 aliphatic heterocycles. The largest absolute Gasteiger partial charge is 0.367 e. The number of fused-ring (bicyclic) bond motifs is 1. The molecule has 1 aromatic carbocycles. The maximum atomic E-state index is 14.8. The first-order valence-corrected chi connectivity index (χ1v) is 9.31. The normalized spacial score (nSPS) is 15.7. The van der Waals surface area contributed by atoms with Gasteiger partial charge in [-0.2, -0.15) is 5.10 Å². The Morgan fingerprint density at radius 1 is 1.12 bits per heavy atom. The molecule has 0 saturated carbocycles. The second kappa shape index (κ2) is 7.21. The van der Waals surface area contributed by atoms with Crippen molar-refractivity contribution in [2.24, 2.45) is 0 Å². The fourth-order valence-electron chi connectivity index (χ4n) is 3.50. The first-order chi connectivity index (χ1) is 12.7. The maximum absolute atomic E-state index is 14.8. The third kappa shape index (κ3) is 3.27. The lowest BCUT2D eigenvalue weighted by molar-refractivity contribution is 0.258. The molecule has 3 heterocycles. The van der Waals surface area contributed by atoms with Crippen LogP contribution in [0.25, 0.3) is 16.9 Å². The van der Waals surface area contributed by atoms with Crippen molar-refractivity contribution in [2.75, 3.05) is 37.6 Å². The Kier molecular flexibility index (Phi) is 4.78. The minimum atomic E-state index is -0.219. The molecule has 0 bridgehead atoms. The van der Waals surface area contributed by atoms with Crippen molar-refractivity contribution in [1.29, 1.82) is 0 Å². The summed E-state index contributed by atoms with van der Waals surface area (Å²) in [6.45, 7) is 6.95. The molecule has 3 aromatic rings. The smallest absolute Gasteiger partial charge is 0.154 e. The van der Waals surface area contributed by atoms with Crippen LogP contribution in [0.5, 0.6) is 0 Å². The van der Waals surface area contributed by atoms with Gasteiger partial charge in [-0.15, -0.1) is 0 Å². The van der Waals surface area contributed by atoms with E-state index in [9.17, 15) is 4.39 Å². The molecule has 26 heavy (non-hydrogen) atoms. The minimum absolute atomic E-state index is 0.219. The number of nitrogens with zero attached hydrogens (tertiary/aromatic N) is 5. The Labute approximate surface area is 157 Å². The van der Waals surface area contributed by atoms with Crippen LogP contribution in [0.1, 0.15) is 13.3 Å². The van der Waals surface area contributed by atoms with E-state index in [1.165, 1.54) is 0 Å². The number of imidazole rings is 1. The number of anilines is 1. The Morgan fingerprint density at radius 2 is 1.92 bits per heavy atom. The van der Waals surface area contributed by atoms with Crippen molar-refractivity contribution in [3.8, 4) is 11.3 Å². The van der Waals surface area contributed by atoms with Crippen molar-refractivity contribution in [3.05, 3.63) is 47.5 Å². The zero-order chi connectivity index (χ0) is 18.1. The highest BCUT2D eigenvalue weighted by atomic mass is 35.5. The van der Waals surface area contributed by atoms with Crippen LogP contribution >= 0.6 is 11.6 Å². The summed E-state index contributed by atoms with van der Waals surface area (Å²) < 4.78 is 16.5. The second-order valence-electron chi connectivity index (χ2n) is 6.56. The number of hydrogen-bond acceptors (Lipinski definition) is 4. The molecule has 7 heteroatoms. The van der Waals surface area contributed by atoms with Gasteiger partial charge in [-0.3, -0.25) is 4.90 Å². The standard InChI is InChI=1S/C19H21ClFN5/c1-2-7-24-8-10-25(11-9-24)16-4-3-14(12-15(16)21)17-13-22-19-6-5-18(20)23-26(17)19/h3-6,12-13H,2,7-11H2,1H3. The number of hydrogen-bond donors (Lipinski definition) is 0. The molecule has 0 atom stereocenters. The van der Waals surface area contributed by atoms with Gasteiger partial charge in [0.05, 0.1) is 17.6 Å². The van der Waals surface area contributed by atoms with Crippen LogP contribution in [0.3, 0.4) is 0 Å². The molecule has 0 amide bonds. The number of aromatic nitrogens is 3. The number of piperazine rings is 1. The molecule has 0 spiro atoms. The molecule has 1 saturated heterocycles. The number of halogens is 2. The summed E-state index contributed by atoms with van der Waals surface area (Å²) in [7, 11) is 0. The summed E-state index contributed by atoms with van der Waals surface area (Å²) in [6, 6.07) is 8.81. The van der Waals surface area contributed by atoms with Gasteiger partial charge in [0.15, 0.2) is 5.65 Å². The van der Waals surface area contributed by atoms with Crippen LogP contribution in [0, 0.1) is 5.82 Å². The average Bonchev–Trinajstić information content (AvgIpc) is 3.06. The maximum Gasteiger partial charge on any atom is 0.154 e. The fraction of sp³-hybridized carbons (Fsp3) is 0.368. The molecular formula is C19H21ClFN5. The van der Waals surface area contributed by atoms with Gasteiger partial charge in [0.2, 0.25) is 0 Å². The van der Waals surface area contributed by atoms with Crippen LogP contribution in [0.2, 0.25) is 5.15 Å². The summed E-state index contributed by atoms with van der Waals surface area (Å²) in [5.74, 6) is -0.219. The summed E-state index contributed by atoms with van der Waals surface area (Å²) in [6.07, 6.45) is 2.84. The quantitative estimate of drug-likeness (QED) is 0.698. The minimum Gasteiger partial charge on any atom is -0.367 e. The molecule has 0 unspecified atom stereocenters. The van der Waals surface area contributed by atoms with E-state index in [1.807, 2.05) is 12.1 Å². The second-order valence-corrected chi connectivity index (χ2v) is 6.95. The van der Waals surface area contributed by atoms with E-state index in [1.54, 1.807) is 28.9 Å². The molecular weight excluding hydrogens is 353 g/mol. The summed E-state index contributed by atoms with van der Waals surface area (Å²) in [5, 5.41) is 4.63. The summed E-state index contributed by atoms with van der Waals surface area (Å²) >= 11 is 5.98. The van der Waals surface area contributed by atoms with E-state index in [-0.39, 0.29) is 5.82 Å². The van der Waals surface area contributed by atoms with Gasteiger partial charge in [0.1, 0.15) is 11.0 Å². The summed E-state index contributed by atoms with van der Waals surface area (Å²) in [4.78, 5) is 8.85. The predicted octanol–water partition coefficient (Wildman–Crippen LogP) is 3.72. The predicted molar refractivity (Wildman–Crippen MR) is 102 cm³/mol.